The number of rotatable bonds is 3. The van der Waals surface area contributed by atoms with Crippen LogP contribution < -0.4 is 15.4 Å². The lowest BCUT2D eigenvalue weighted by Gasteiger charge is -2.12. The summed E-state index contributed by atoms with van der Waals surface area (Å²) in [6, 6.07) is 15.5. The molecule has 2 amide bonds. The second-order valence-corrected chi connectivity index (χ2v) is 5.20. The molecule has 1 unspecified atom stereocenters. The first-order chi connectivity index (χ1) is 10.2. The summed E-state index contributed by atoms with van der Waals surface area (Å²) in [6.07, 6.45) is 0. The van der Waals surface area contributed by atoms with E-state index < -0.39 is 0 Å². The smallest absolute Gasteiger partial charge is 0.319 e. The number of benzene rings is 2. The first-order valence-electron chi connectivity index (χ1n) is 7.06. The van der Waals surface area contributed by atoms with Gasteiger partial charge in [-0.05, 0) is 24.6 Å². The molecule has 0 radical (unpaired) electrons. The Morgan fingerprint density at radius 3 is 2.81 bits per heavy atom. The molecule has 0 aliphatic carbocycles. The Kier molecular flexibility index (Phi) is 3.77. The molecule has 0 bridgehead atoms. The summed E-state index contributed by atoms with van der Waals surface area (Å²) >= 11 is 0. The second-order valence-electron chi connectivity index (χ2n) is 5.20. The minimum atomic E-state index is -0.186. The van der Waals surface area contributed by atoms with Crippen molar-refractivity contribution in [3.63, 3.8) is 0 Å². The van der Waals surface area contributed by atoms with Crippen LogP contribution in [0.25, 0.3) is 0 Å². The molecule has 2 N–H and O–H groups in total. The van der Waals surface area contributed by atoms with Gasteiger partial charge in [-0.1, -0.05) is 36.4 Å². The molecule has 1 heterocycles. The molecule has 2 aromatic rings. The van der Waals surface area contributed by atoms with Crippen molar-refractivity contribution in [3.05, 3.63) is 59.7 Å². The highest BCUT2D eigenvalue weighted by atomic mass is 16.5. The molecular formula is C17H18N2O2. The molecule has 1 aliphatic rings. The fourth-order valence-corrected chi connectivity index (χ4v) is 2.49. The van der Waals surface area contributed by atoms with Gasteiger partial charge in [-0.2, -0.15) is 0 Å². The number of hydrogen-bond acceptors (Lipinski definition) is 2. The Morgan fingerprint density at radius 2 is 1.95 bits per heavy atom. The zero-order valence-electron chi connectivity index (χ0n) is 11.9. The number of hydrogen-bond donors (Lipinski definition) is 2. The normalized spacial score (nSPS) is 16.0. The van der Waals surface area contributed by atoms with Crippen LogP contribution in [0.2, 0.25) is 0 Å². The summed E-state index contributed by atoms with van der Waals surface area (Å²) in [5.74, 6) is 1.13. The van der Waals surface area contributed by atoms with Gasteiger partial charge in [0.05, 0.1) is 6.61 Å². The first kappa shape index (κ1) is 13.5. The van der Waals surface area contributed by atoms with Crippen molar-refractivity contribution in [2.45, 2.75) is 12.8 Å². The summed E-state index contributed by atoms with van der Waals surface area (Å²) in [7, 11) is 0. The maximum atomic E-state index is 12.0. The predicted octanol–water partition coefficient (Wildman–Crippen LogP) is 3.29. The van der Waals surface area contributed by atoms with Gasteiger partial charge in [-0.25, -0.2) is 4.79 Å². The van der Waals surface area contributed by atoms with E-state index in [1.54, 1.807) is 0 Å². The van der Waals surface area contributed by atoms with E-state index in [1.165, 1.54) is 0 Å². The number of carbonyl (C=O) groups is 1. The quantitative estimate of drug-likeness (QED) is 0.907. The van der Waals surface area contributed by atoms with E-state index in [1.807, 2.05) is 55.5 Å². The fourth-order valence-electron chi connectivity index (χ4n) is 2.49. The third-order valence-electron chi connectivity index (χ3n) is 3.70. The molecule has 1 aliphatic heterocycles. The third-order valence-corrected chi connectivity index (χ3v) is 3.70. The highest BCUT2D eigenvalue weighted by Gasteiger charge is 2.23. The third kappa shape index (κ3) is 2.99. The number of para-hydroxylation sites is 2. The Morgan fingerprint density at radius 1 is 1.19 bits per heavy atom. The Bertz CT molecular complexity index is 655. The van der Waals surface area contributed by atoms with Gasteiger partial charge in [0.2, 0.25) is 0 Å². The van der Waals surface area contributed by atoms with Crippen LogP contribution in [-0.2, 0) is 0 Å². The summed E-state index contributed by atoms with van der Waals surface area (Å²) in [5, 5.41) is 5.78. The van der Waals surface area contributed by atoms with Gasteiger partial charge in [0.1, 0.15) is 5.75 Å². The van der Waals surface area contributed by atoms with E-state index in [4.69, 9.17) is 4.74 Å². The zero-order chi connectivity index (χ0) is 14.7. The summed E-state index contributed by atoms with van der Waals surface area (Å²) < 4.78 is 5.61. The van der Waals surface area contributed by atoms with Crippen molar-refractivity contribution in [2.75, 3.05) is 18.5 Å². The number of aryl methyl sites for hydroxylation is 1. The number of carbonyl (C=O) groups excluding carboxylic acids is 1. The van der Waals surface area contributed by atoms with Gasteiger partial charge < -0.3 is 15.4 Å². The van der Waals surface area contributed by atoms with Crippen molar-refractivity contribution in [1.82, 2.24) is 5.32 Å². The molecular weight excluding hydrogens is 264 g/mol. The fraction of sp³-hybridized carbons (Fsp3) is 0.235. The van der Waals surface area contributed by atoms with E-state index in [0.29, 0.717) is 13.2 Å². The lowest BCUT2D eigenvalue weighted by atomic mass is 10.0. The Labute approximate surface area is 124 Å². The molecule has 4 heteroatoms. The monoisotopic (exact) mass is 282 g/mol. The zero-order valence-corrected chi connectivity index (χ0v) is 11.9. The van der Waals surface area contributed by atoms with Crippen LogP contribution in [0.15, 0.2) is 48.5 Å². The molecule has 0 aromatic heterocycles. The largest absolute Gasteiger partial charge is 0.493 e. The lowest BCUT2D eigenvalue weighted by Crippen LogP contribution is -2.33. The van der Waals surface area contributed by atoms with E-state index in [-0.39, 0.29) is 11.9 Å². The number of urea groups is 1. The van der Waals surface area contributed by atoms with Crippen molar-refractivity contribution >= 4 is 11.7 Å². The average Bonchev–Trinajstić information content (AvgIpc) is 2.91. The first-order valence-corrected chi connectivity index (χ1v) is 7.06. The molecule has 2 aromatic carbocycles. The lowest BCUT2D eigenvalue weighted by molar-refractivity contribution is 0.250. The molecule has 3 rings (SSSR count). The van der Waals surface area contributed by atoms with E-state index in [0.717, 1.165) is 22.6 Å². The van der Waals surface area contributed by atoms with E-state index in [9.17, 15) is 4.79 Å². The topological polar surface area (TPSA) is 50.4 Å². The van der Waals surface area contributed by atoms with Crippen LogP contribution in [0.3, 0.4) is 0 Å². The van der Waals surface area contributed by atoms with Gasteiger partial charge in [0.25, 0.3) is 0 Å². The highest BCUT2D eigenvalue weighted by Crippen LogP contribution is 2.32. The van der Waals surface area contributed by atoms with Gasteiger partial charge in [0.15, 0.2) is 0 Å². The number of ether oxygens (including phenoxy) is 1. The van der Waals surface area contributed by atoms with Crippen LogP contribution in [-0.4, -0.2) is 19.2 Å². The van der Waals surface area contributed by atoms with Crippen molar-refractivity contribution in [2.24, 2.45) is 0 Å². The number of nitrogens with one attached hydrogen (secondary N) is 2. The molecule has 108 valence electrons. The molecule has 0 fully saturated rings. The minimum absolute atomic E-state index is 0.186. The highest BCUT2D eigenvalue weighted by molar-refractivity contribution is 5.90. The molecule has 1 atom stereocenters. The molecule has 0 spiro atoms. The number of anilines is 1. The van der Waals surface area contributed by atoms with E-state index >= 15 is 0 Å². The van der Waals surface area contributed by atoms with Gasteiger partial charge in [-0.3, -0.25) is 0 Å². The van der Waals surface area contributed by atoms with Crippen molar-refractivity contribution in [1.29, 1.82) is 0 Å². The predicted molar refractivity (Wildman–Crippen MR) is 82.9 cm³/mol. The Hall–Kier alpha value is -2.49. The van der Waals surface area contributed by atoms with Crippen molar-refractivity contribution in [3.8, 4) is 5.75 Å². The standard InChI is InChI=1S/C17H18N2O2/c1-12-6-2-4-8-15(12)19-17(20)18-10-13-11-21-16-9-5-3-7-14(13)16/h2-9,13H,10-11H2,1H3,(H2,18,19,20). The molecule has 0 saturated heterocycles. The maximum Gasteiger partial charge on any atom is 0.319 e. The summed E-state index contributed by atoms with van der Waals surface area (Å²) in [4.78, 5) is 12.0. The second kappa shape index (κ2) is 5.87. The number of fused-ring (bicyclic) bond motifs is 1. The van der Waals surface area contributed by atoms with Crippen LogP contribution in [0.5, 0.6) is 5.75 Å². The van der Waals surface area contributed by atoms with Gasteiger partial charge >= 0.3 is 6.03 Å². The number of amides is 2. The molecule has 0 saturated carbocycles. The van der Waals surface area contributed by atoms with Crippen LogP contribution in [0, 0.1) is 6.92 Å². The molecule has 4 nitrogen and oxygen atoms in total. The van der Waals surface area contributed by atoms with Crippen LogP contribution in [0.1, 0.15) is 17.0 Å². The maximum absolute atomic E-state index is 12.0. The van der Waals surface area contributed by atoms with Crippen LogP contribution >= 0.6 is 0 Å². The molecule has 21 heavy (non-hydrogen) atoms. The summed E-state index contributed by atoms with van der Waals surface area (Å²) in [5.41, 5.74) is 3.04. The van der Waals surface area contributed by atoms with E-state index in [2.05, 4.69) is 10.6 Å². The minimum Gasteiger partial charge on any atom is -0.493 e. The van der Waals surface area contributed by atoms with Gasteiger partial charge in [-0.15, -0.1) is 0 Å². The summed E-state index contributed by atoms with van der Waals surface area (Å²) in [6.45, 7) is 3.15. The van der Waals surface area contributed by atoms with Gasteiger partial charge in [0, 0.05) is 23.7 Å². The Balaban J connectivity index is 1.57. The van der Waals surface area contributed by atoms with Crippen LogP contribution in [0.4, 0.5) is 10.5 Å². The van der Waals surface area contributed by atoms with Crippen molar-refractivity contribution < 1.29 is 9.53 Å². The SMILES string of the molecule is Cc1ccccc1NC(=O)NCC1COc2ccccc21. The average molecular weight is 282 g/mol.